The average Bonchev–Trinajstić information content (AvgIpc) is 2.59. The highest BCUT2D eigenvalue weighted by atomic mass is 15.3. The van der Waals surface area contributed by atoms with E-state index < -0.39 is 0 Å². The van der Waals surface area contributed by atoms with Crippen LogP contribution in [-0.4, -0.2) is 29.1 Å². The molecule has 0 spiro atoms. The minimum atomic E-state index is 0.219. The van der Waals surface area contributed by atoms with Crippen LogP contribution >= 0.6 is 0 Å². The molecule has 1 rings (SSSR count). The third-order valence-corrected chi connectivity index (χ3v) is 4.08. The Morgan fingerprint density at radius 2 is 2.00 bits per heavy atom. The molecule has 0 saturated carbocycles. The number of likely N-dealkylation sites (tertiary alicyclic amines) is 1. The Kier molecular flexibility index (Phi) is 3.96. The molecular formula is C12H26N2. The highest BCUT2D eigenvalue weighted by molar-refractivity contribution is 4.96. The van der Waals surface area contributed by atoms with Crippen LogP contribution in [0.3, 0.4) is 0 Å². The first kappa shape index (κ1) is 12.0. The fraction of sp³-hybridized carbons (Fsp3) is 1.00. The van der Waals surface area contributed by atoms with Gasteiger partial charge in [-0.25, -0.2) is 0 Å². The second-order valence-electron chi connectivity index (χ2n) is 4.95. The first-order valence-corrected chi connectivity index (χ1v) is 6.07. The number of nitrogens with two attached hydrogens (primary N) is 1. The topological polar surface area (TPSA) is 29.3 Å². The minimum Gasteiger partial charge on any atom is -0.329 e. The number of hydrogen-bond donors (Lipinski definition) is 1. The fourth-order valence-corrected chi connectivity index (χ4v) is 2.88. The zero-order chi connectivity index (χ0) is 10.8. The van der Waals surface area contributed by atoms with Crippen molar-refractivity contribution in [3.8, 4) is 0 Å². The monoisotopic (exact) mass is 198 g/mol. The van der Waals surface area contributed by atoms with E-state index in [0.29, 0.717) is 6.04 Å². The van der Waals surface area contributed by atoms with E-state index in [0.717, 1.165) is 19.0 Å². The molecular weight excluding hydrogens is 172 g/mol. The molecule has 0 radical (unpaired) electrons. The van der Waals surface area contributed by atoms with Crippen molar-refractivity contribution >= 4 is 0 Å². The maximum Gasteiger partial charge on any atom is 0.0306 e. The van der Waals surface area contributed by atoms with E-state index in [-0.39, 0.29) is 5.54 Å². The summed E-state index contributed by atoms with van der Waals surface area (Å²) >= 11 is 0. The number of nitrogens with zero attached hydrogens (tertiary/aromatic N) is 1. The van der Waals surface area contributed by atoms with E-state index in [4.69, 9.17) is 5.73 Å². The van der Waals surface area contributed by atoms with Gasteiger partial charge in [0.1, 0.15) is 0 Å². The number of rotatable bonds is 4. The third kappa shape index (κ3) is 1.96. The largest absolute Gasteiger partial charge is 0.329 e. The fourth-order valence-electron chi connectivity index (χ4n) is 2.88. The molecule has 0 aliphatic carbocycles. The molecule has 1 saturated heterocycles. The maximum atomic E-state index is 5.93. The average molecular weight is 198 g/mol. The van der Waals surface area contributed by atoms with Crippen molar-refractivity contribution in [3.63, 3.8) is 0 Å². The normalized spacial score (nSPS) is 33.2. The van der Waals surface area contributed by atoms with Crippen LogP contribution in [0.4, 0.5) is 0 Å². The Labute approximate surface area is 88.8 Å². The van der Waals surface area contributed by atoms with E-state index >= 15 is 0 Å². The van der Waals surface area contributed by atoms with Crippen LogP contribution in [0, 0.1) is 0 Å². The van der Waals surface area contributed by atoms with Crippen LogP contribution in [0.25, 0.3) is 0 Å². The lowest BCUT2D eigenvalue weighted by molar-refractivity contribution is 0.0563. The van der Waals surface area contributed by atoms with E-state index in [1.54, 1.807) is 0 Å². The van der Waals surface area contributed by atoms with Crippen molar-refractivity contribution in [1.82, 2.24) is 4.90 Å². The van der Waals surface area contributed by atoms with Crippen molar-refractivity contribution in [2.24, 2.45) is 5.73 Å². The molecule has 1 aliphatic rings. The summed E-state index contributed by atoms with van der Waals surface area (Å²) in [4.78, 5) is 2.67. The van der Waals surface area contributed by atoms with Gasteiger partial charge in [0.2, 0.25) is 0 Å². The molecule has 0 aromatic rings. The predicted octanol–water partition coefficient (Wildman–Crippen LogP) is 2.38. The SMILES string of the molecule is CCC1CCC(C)N1C(C)(CC)CN. The molecule has 1 heterocycles. The van der Waals surface area contributed by atoms with Crippen LogP contribution in [0.2, 0.25) is 0 Å². The second-order valence-corrected chi connectivity index (χ2v) is 4.95. The molecule has 84 valence electrons. The molecule has 0 aromatic heterocycles. The highest BCUT2D eigenvalue weighted by Crippen LogP contribution is 2.34. The lowest BCUT2D eigenvalue weighted by Gasteiger charge is -2.44. The van der Waals surface area contributed by atoms with Gasteiger partial charge in [0.05, 0.1) is 0 Å². The molecule has 0 aromatic carbocycles. The van der Waals surface area contributed by atoms with Crippen molar-refractivity contribution in [1.29, 1.82) is 0 Å². The molecule has 3 atom stereocenters. The quantitative estimate of drug-likeness (QED) is 0.751. The van der Waals surface area contributed by atoms with Gasteiger partial charge < -0.3 is 5.73 Å². The maximum absolute atomic E-state index is 5.93. The Bertz CT molecular complexity index is 175. The van der Waals surface area contributed by atoms with Gasteiger partial charge in [-0.3, -0.25) is 4.90 Å². The summed E-state index contributed by atoms with van der Waals surface area (Å²) < 4.78 is 0. The summed E-state index contributed by atoms with van der Waals surface area (Å²) in [6.07, 6.45) is 5.12. The summed E-state index contributed by atoms with van der Waals surface area (Å²) in [5.41, 5.74) is 6.15. The predicted molar refractivity (Wildman–Crippen MR) is 62.4 cm³/mol. The molecule has 0 amide bonds. The Morgan fingerprint density at radius 1 is 1.36 bits per heavy atom. The zero-order valence-corrected chi connectivity index (χ0v) is 10.2. The molecule has 1 fully saturated rings. The first-order chi connectivity index (χ1) is 6.59. The van der Waals surface area contributed by atoms with Gasteiger partial charge in [-0.15, -0.1) is 0 Å². The summed E-state index contributed by atoms with van der Waals surface area (Å²) in [6.45, 7) is 9.99. The van der Waals surface area contributed by atoms with E-state index in [1.165, 1.54) is 19.3 Å². The van der Waals surface area contributed by atoms with Gasteiger partial charge >= 0.3 is 0 Å². The van der Waals surface area contributed by atoms with Gasteiger partial charge in [0.15, 0.2) is 0 Å². The van der Waals surface area contributed by atoms with Crippen LogP contribution in [-0.2, 0) is 0 Å². The summed E-state index contributed by atoms with van der Waals surface area (Å²) in [5.74, 6) is 0. The molecule has 2 heteroatoms. The first-order valence-electron chi connectivity index (χ1n) is 6.07. The lowest BCUT2D eigenvalue weighted by Crippen LogP contribution is -2.55. The smallest absolute Gasteiger partial charge is 0.0306 e. The van der Waals surface area contributed by atoms with Crippen LogP contribution in [0.1, 0.15) is 53.4 Å². The van der Waals surface area contributed by atoms with Crippen LogP contribution < -0.4 is 5.73 Å². The second kappa shape index (κ2) is 4.63. The molecule has 3 unspecified atom stereocenters. The molecule has 2 nitrogen and oxygen atoms in total. The van der Waals surface area contributed by atoms with Crippen molar-refractivity contribution in [3.05, 3.63) is 0 Å². The molecule has 0 bridgehead atoms. The van der Waals surface area contributed by atoms with Crippen LogP contribution in [0.15, 0.2) is 0 Å². The Morgan fingerprint density at radius 3 is 2.43 bits per heavy atom. The van der Waals surface area contributed by atoms with Crippen molar-refractivity contribution in [2.45, 2.75) is 71.0 Å². The third-order valence-electron chi connectivity index (χ3n) is 4.08. The van der Waals surface area contributed by atoms with Gasteiger partial charge in [0, 0.05) is 24.2 Å². The van der Waals surface area contributed by atoms with Crippen LogP contribution in [0.5, 0.6) is 0 Å². The summed E-state index contributed by atoms with van der Waals surface area (Å²) in [6, 6.07) is 1.48. The molecule has 2 N–H and O–H groups in total. The van der Waals surface area contributed by atoms with Gasteiger partial charge in [-0.2, -0.15) is 0 Å². The lowest BCUT2D eigenvalue weighted by atomic mass is 9.94. The van der Waals surface area contributed by atoms with Gasteiger partial charge in [0.25, 0.3) is 0 Å². The van der Waals surface area contributed by atoms with Crippen molar-refractivity contribution < 1.29 is 0 Å². The molecule has 1 aliphatic heterocycles. The van der Waals surface area contributed by atoms with E-state index in [9.17, 15) is 0 Å². The molecule has 14 heavy (non-hydrogen) atoms. The Hall–Kier alpha value is -0.0800. The van der Waals surface area contributed by atoms with Crippen molar-refractivity contribution in [2.75, 3.05) is 6.54 Å². The summed E-state index contributed by atoms with van der Waals surface area (Å²) in [5, 5.41) is 0. The van der Waals surface area contributed by atoms with E-state index in [1.807, 2.05) is 0 Å². The standard InChI is InChI=1S/C12H26N2/c1-5-11-8-7-10(3)14(11)12(4,6-2)9-13/h10-11H,5-9,13H2,1-4H3. The minimum absolute atomic E-state index is 0.219. The number of hydrogen-bond acceptors (Lipinski definition) is 2. The summed E-state index contributed by atoms with van der Waals surface area (Å²) in [7, 11) is 0. The Balaban J connectivity index is 2.80. The van der Waals surface area contributed by atoms with Gasteiger partial charge in [-0.1, -0.05) is 13.8 Å². The highest BCUT2D eigenvalue weighted by Gasteiger charge is 2.40. The van der Waals surface area contributed by atoms with Gasteiger partial charge in [-0.05, 0) is 39.5 Å². The van der Waals surface area contributed by atoms with E-state index in [2.05, 4.69) is 32.6 Å². The zero-order valence-electron chi connectivity index (χ0n) is 10.2.